The molecule has 23 heavy (non-hydrogen) atoms. The number of carbonyl (C=O) groups is 2. The molecule has 9 heteroatoms. The Labute approximate surface area is 144 Å². The van der Waals surface area contributed by atoms with Crippen molar-refractivity contribution in [2.75, 3.05) is 12.4 Å². The highest BCUT2D eigenvalue weighted by atomic mass is 79.9. The molecule has 0 bridgehead atoms. The number of rotatable bonds is 3. The number of ether oxygens (including phenoxy) is 2. The van der Waals surface area contributed by atoms with E-state index in [1.54, 1.807) is 20.8 Å². The van der Waals surface area contributed by atoms with Crippen molar-refractivity contribution in [3.8, 4) is 5.75 Å². The van der Waals surface area contributed by atoms with Gasteiger partial charge in [0.15, 0.2) is 5.13 Å². The van der Waals surface area contributed by atoms with Gasteiger partial charge in [0.25, 0.3) is 0 Å². The number of thiazole rings is 1. The number of halogens is 1. The topological polar surface area (TPSA) is 97.8 Å². The number of amides is 1. The highest BCUT2D eigenvalue weighted by Crippen LogP contribution is 2.39. The summed E-state index contributed by atoms with van der Waals surface area (Å²) in [7, 11) is 1.38. The fourth-order valence-corrected chi connectivity index (χ4v) is 3.52. The predicted octanol–water partition coefficient (Wildman–Crippen LogP) is 4.11. The van der Waals surface area contributed by atoms with Gasteiger partial charge in [-0.05, 0) is 42.8 Å². The lowest BCUT2D eigenvalue weighted by Crippen LogP contribution is -2.27. The van der Waals surface area contributed by atoms with E-state index in [4.69, 9.17) is 9.47 Å². The van der Waals surface area contributed by atoms with Crippen molar-refractivity contribution >= 4 is 54.7 Å². The van der Waals surface area contributed by atoms with Crippen LogP contribution >= 0.6 is 27.3 Å². The maximum absolute atomic E-state index is 11.8. The van der Waals surface area contributed by atoms with Crippen molar-refractivity contribution in [2.45, 2.75) is 26.4 Å². The van der Waals surface area contributed by atoms with Gasteiger partial charge < -0.3 is 14.6 Å². The number of hydrogen-bond acceptors (Lipinski definition) is 6. The van der Waals surface area contributed by atoms with Gasteiger partial charge in [-0.3, -0.25) is 5.32 Å². The highest BCUT2D eigenvalue weighted by Gasteiger charge is 2.22. The first-order valence-corrected chi connectivity index (χ1v) is 8.13. The fraction of sp³-hybridized carbons (Fsp3) is 0.357. The number of hydrogen-bond donors (Lipinski definition) is 2. The number of carboxylic acids is 1. The third-order valence-electron chi connectivity index (χ3n) is 2.62. The van der Waals surface area contributed by atoms with E-state index in [1.807, 2.05) is 0 Å². The van der Waals surface area contributed by atoms with Crippen LogP contribution < -0.4 is 10.1 Å². The van der Waals surface area contributed by atoms with E-state index in [0.29, 0.717) is 19.8 Å². The molecule has 0 radical (unpaired) electrons. The molecular formula is C14H15BrN2O5S. The Bertz CT molecular complexity index is 782. The van der Waals surface area contributed by atoms with Crippen molar-refractivity contribution in [3.63, 3.8) is 0 Å². The molecule has 2 rings (SSSR count). The number of aromatic carboxylic acids is 1. The van der Waals surface area contributed by atoms with E-state index in [2.05, 4.69) is 26.2 Å². The number of nitrogens with zero attached hydrogens (tertiary/aromatic N) is 1. The average Bonchev–Trinajstić information content (AvgIpc) is 2.78. The number of aromatic nitrogens is 1. The molecule has 0 spiro atoms. The number of methoxy groups -OCH3 is 1. The third kappa shape index (κ3) is 3.91. The quantitative estimate of drug-likeness (QED) is 0.801. The van der Waals surface area contributed by atoms with Gasteiger partial charge in [0.1, 0.15) is 22.4 Å². The maximum atomic E-state index is 11.8. The summed E-state index contributed by atoms with van der Waals surface area (Å²) in [6.07, 6.45) is -0.627. The van der Waals surface area contributed by atoms with Gasteiger partial charge in [0.05, 0.1) is 16.3 Å². The minimum Gasteiger partial charge on any atom is -0.495 e. The minimum atomic E-state index is -1.11. The van der Waals surface area contributed by atoms with Gasteiger partial charge in [0.2, 0.25) is 0 Å². The normalized spacial score (nSPS) is 11.3. The zero-order valence-corrected chi connectivity index (χ0v) is 15.3. The number of benzene rings is 1. The summed E-state index contributed by atoms with van der Waals surface area (Å²) in [6.45, 7) is 5.27. The number of fused-ring (bicyclic) bond motifs is 1. The van der Waals surface area contributed by atoms with E-state index in [9.17, 15) is 14.7 Å². The minimum absolute atomic E-state index is 0.0133. The van der Waals surface area contributed by atoms with E-state index in [0.717, 1.165) is 11.3 Å². The predicted molar refractivity (Wildman–Crippen MR) is 90.7 cm³/mol. The summed E-state index contributed by atoms with van der Waals surface area (Å²) < 4.78 is 11.3. The van der Waals surface area contributed by atoms with Crippen LogP contribution in [-0.4, -0.2) is 34.9 Å². The van der Waals surface area contributed by atoms with E-state index < -0.39 is 17.7 Å². The molecule has 0 aliphatic rings. The SMILES string of the molecule is COc1c(C(=O)O)cc2sc(NC(=O)OC(C)(C)C)nc2c1Br. The Morgan fingerprint density at radius 2 is 2.04 bits per heavy atom. The summed E-state index contributed by atoms with van der Waals surface area (Å²) in [5.41, 5.74) is -0.108. The first-order chi connectivity index (χ1) is 10.6. The first kappa shape index (κ1) is 17.5. The molecule has 2 aromatic rings. The Hall–Kier alpha value is -1.87. The molecule has 1 amide bonds. The van der Waals surface area contributed by atoms with Crippen LogP contribution in [0.3, 0.4) is 0 Å². The number of nitrogens with one attached hydrogen (secondary N) is 1. The summed E-state index contributed by atoms with van der Waals surface area (Å²) >= 11 is 4.45. The van der Waals surface area contributed by atoms with Gasteiger partial charge in [-0.15, -0.1) is 0 Å². The number of anilines is 1. The zero-order chi connectivity index (χ0) is 17.4. The van der Waals surface area contributed by atoms with Crippen molar-refractivity contribution in [1.82, 2.24) is 4.98 Å². The largest absolute Gasteiger partial charge is 0.495 e. The van der Waals surface area contributed by atoms with Crippen LogP contribution in [-0.2, 0) is 4.74 Å². The first-order valence-electron chi connectivity index (χ1n) is 6.52. The third-order valence-corrected chi connectivity index (χ3v) is 4.28. The van der Waals surface area contributed by atoms with Crippen LogP contribution in [0.2, 0.25) is 0 Å². The van der Waals surface area contributed by atoms with Crippen LogP contribution in [0.25, 0.3) is 10.2 Å². The van der Waals surface area contributed by atoms with E-state index in [1.165, 1.54) is 13.2 Å². The molecule has 1 aromatic heterocycles. The van der Waals surface area contributed by atoms with E-state index in [-0.39, 0.29) is 11.3 Å². The van der Waals surface area contributed by atoms with Crippen LogP contribution in [0.15, 0.2) is 10.5 Å². The van der Waals surface area contributed by atoms with Crippen LogP contribution in [0.4, 0.5) is 9.93 Å². The van der Waals surface area contributed by atoms with Gasteiger partial charge in [-0.1, -0.05) is 11.3 Å². The summed E-state index contributed by atoms with van der Waals surface area (Å²) in [5, 5.41) is 12.1. The smallest absolute Gasteiger partial charge is 0.413 e. The molecule has 1 aromatic carbocycles. The Morgan fingerprint density at radius 3 is 2.57 bits per heavy atom. The Kier molecular flexibility index (Phi) is 4.81. The molecule has 0 aliphatic carbocycles. The standard InChI is InChI=1S/C14H15BrN2O5S/c1-14(2,3)22-13(20)17-12-16-9-7(23-12)5-6(11(18)19)10(21-4)8(9)15/h5H,1-4H3,(H,18,19)(H,16,17,20). The zero-order valence-electron chi connectivity index (χ0n) is 12.9. The monoisotopic (exact) mass is 402 g/mol. The van der Waals surface area contributed by atoms with Crippen molar-refractivity contribution < 1.29 is 24.2 Å². The Balaban J connectivity index is 2.41. The lowest BCUT2D eigenvalue weighted by molar-refractivity contribution is 0.0634. The van der Waals surface area contributed by atoms with Crippen molar-refractivity contribution in [1.29, 1.82) is 0 Å². The van der Waals surface area contributed by atoms with Gasteiger partial charge in [-0.2, -0.15) is 0 Å². The fourth-order valence-electron chi connectivity index (χ4n) is 1.81. The summed E-state index contributed by atoms with van der Waals surface area (Å²) in [5.74, 6) is -0.932. The van der Waals surface area contributed by atoms with Gasteiger partial charge >= 0.3 is 12.1 Å². The number of carboxylic acid groups (broad SMARTS) is 1. The second-order valence-corrected chi connectivity index (χ2v) is 7.39. The molecule has 0 unspecified atom stereocenters. The molecule has 0 fully saturated rings. The Morgan fingerprint density at radius 1 is 1.39 bits per heavy atom. The lowest BCUT2D eigenvalue weighted by Gasteiger charge is -2.18. The molecule has 1 heterocycles. The van der Waals surface area contributed by atoms with Gasteiger partial charge in [0, 0.05) is 0 Å². The molecule has 0 saturated carbocycles. The summed E-state index contributed by atoms with van der Waals surface area (Å²) in [6, 6.07) is 1.46. The second kappa shape index (κ2) is 6.32. The maximum Gasteiger partial charge on any atom is 0.413 e. The van der Waals surface area contributed by atoms with Crippen LogP contribution in [0, 0.1) is 0 Å². The molecule has 7 nitrogen and oxygen atoms in total. The average molecular weight is 403 g/mol. The van der Waals surface area contributed by atoms with Crippen LogP contribution in [0.5, 0.6) is 5.75 Å². The molecule has 0 atom stereocenters. The molecule has 2 N–H and O–H groups in total. The van der Waals surface area contributed by atoms with Crippen molar-refractivity contribution in [2.24, 2.45) is 0 Å². The van der Waals surface area contributed by atoms with Gasteiger partial charge in [-0.25, -0.2) is 14.6 Å². The lowest BCUT2D eigenvalue weighted by atomic mass is 10.2. The summed E-state index contributed by atoms with van der Waals surface area (Å²) in [4.78, 5) is 27.4. The number of carbonyl (C=O) groups excluding carboxylic acids is 1. The highest BCUT2D eigenvalue weighted by molar-refractivity contribution is 9.10. The molecular weight excluding hydrogens is 388 g/mol. The molecule has 0 saturated heterocycles. The molecule has 0 aliphatic heterocycles. The van der Waals surface area contributed by atoms with Crippen LogP contribution in [0.1, 0.15) is 31.1 Å². The molecule has 124 valence electrons. The second-order valence-electron chi connectivity index (χ2n) is 5.57. The van der Waals surface area contributed by atoms with Crippen molar-refractivity contribution in [3.05, 3.63) is 16.1 Å². The van der Waals surface area contributed by atoms with E-state index >= 15 is 0 Å².